The number of carbonyl (C=O) groups is 2. The van der Waals surface area contributed by atoms with Crippen molar-refractivity contribution in [2.75, 3.05) is 20.3 Å². The minimum Gasteiger partial charge on any atom is -0.507 e. The van der Waals surface area contributed by atoms with Crippen LogP contribution >= 0.6 is 0 Å². The van der Waals surface area contributed by atoms with Crippen LogP contribution in [0.25, 0.3) is 5.76 Å². The van der Waals surface area contributed by atoms with Gasteiger partial charge >= 0.3 is 0 Å². The molecule has 1 aliphatic rings. The highest BCUT2D eigenvalue weighted by Gasteiger charge is 2.45. The zero-order chi connectivity index (χ0) is 23.4. The molecule has 0 saturated carbocycles. The number of rotatable bonds is 8. The number of carbonyl (C=O) groups excluding carboxylic acids is 2. The van der Waals surface area contributed by atoms with E-state index in [1.807, 2.05) is 38.1 Å². The molecule has 1 aliphatic heterocycles. The second-order valence-corrected chi connectivity index (χ2v) is 8.50. The summed E-state index contributed by atoms with van der Waals surface area (Å²) >= 11 is 0. The summed E-state index contributed by atoms with van der Waals surface area (Å²) < 4.78 is 10.9. The number of ketones is 1. The molecule has 0 aromatic heterocycles. The van der Waals surface area contributed by atoms with Gasteiger partial charge in [0.1, 0.15) is 11.5 Å². The SMILES string of the molecule is COCCN1C(=O)C(=O)/C(=C(\O)c2cccc(OC(C)C)c2)C1c1ccc(C(C)C)cc1. The zero-order valence-corrected chi connectivity index (χ0v) is 19.3. The van der Waals surface area contributed by atoms with E-state index < -0.39 is 17.7 Å². The molecule has 2 aromatic carbocycles. The van der Waals surface area contributed by atoms with Gasteiger partial charge < -0.3 is 19.5 Å². The van der Waals surface area contributed by atoms with Gasteiger partial charge in [-0.05, 0) is 43.0 Å². The fraction of sp³-hybridized carbons (Fsp3) is 0.385. The first-order valence-electron chi connectivity index (χ1n) is 10.9. The molecule has 170 valence electrons. The largest absolute Gasteiger partial charge is 0.507 e. The van der Waals surface area contributed by atoms with Crippen molar-refractivity contribution in [3.05, 3.63) is 70.8 Å². The van der Waals surface area contributed by atoms with Gasteiger partial charge in [-0.2, -0.15) is 0 Å². The number of amides is 1. The highest BCUT2D eigenvalue weighted by Crippen LogP contribution is 2.40. The lowest BCUT2D eigenvalue weighted by Crippen LogP contribution is -2.32. The predicted molar refractivity (Wildman–Crippen MR) is 124 cm³/mol. The van der Waals surface area contributed by atoms with E-state index >= 15 is 0 Å². The van der Waals surface area contributed by atoms with Gasteiger partial charge in [0.05, 0.1) is 24.3 Å². The number of nitrogens with zero attached hydrogens (tertiary/aromatic N) is 1. The topological polar surface area (TPSA) is 76.1 Å². The van der Waals surface area contributed by atoms with E-state index in [0.29, 0.717) is 17.2 Å². The molecule has 3 rings (SSSR count). The normalized spacial score (nSPS) is 18.1. The Morgan fingerprint density at radius 3 is 2.34 bits per heavy atom. The number of aliphatic hydroxyl groups excluding tert-OH is 1. The maximum atomic E-state index is 13.0. The fourth-order valence-electron chi connectivity index (χ4n) is 3.85. The van der Waals surface area contributed by atoms with Crippen LogP contribution in [-0.4, -0.2) is 48.1 Å². The van der Waals surface area contributed by atoms with Crippen LogP contribution in [-0.2, 0) is 14.3 Å². The van der Waals surface area contributed by atoms with Gasteiger partial charge in [0, 0.05) is 19.2 Å². The lowest BCUT2D eigenvalue weighted by molar-refractivity contribution is -0.140. The predicted octanol–water partition coefficient (Wildman–Crippen LogP) is 4.67. The summed E-state index contributed by atoms with van der Waals surface area (Å²) in [7, 11) is 1.54. The van der Waals surface area contributed by atoms with Gasteiger partial charge in [-0.15, -0.1) is 0 Å². The molecule has 1 saturated heterocycles. The third kappa shape index (κ3) is 4.86. The van der Waals surface area contributed by atoms with Gasteiger partial charge in [-0.25, -0.2) is 0 Å². The van der Waals surface area contributed by atoms with Crippen molar-refractivity contribution in [2.45, 2.75) is 45.8 Å². The van der Waals surface area contributed by atoms with Crippen molar-refractivity contribution in [1.29, 1.82) is 0 Å². The van der Waals surface area contributed by atoms with Crippen molar-refractivity contribution >= 4 is 17.4 Å². The molecule has 1 atom stereocenters. The molecule has 0 spiro atoms. The average Bonchev–Trinajstić information content (AvgIpc) is 3.01. The minimum atomic E-state index is -0.702. The van der Waals surface area contributed by atoms with Gasteiger partial charge in [-0.1, -0.05) is 50.2 Å². The van der Waals surface area contributed by atoms with Crippen LogP contribution in [0, 0.1) is 0 Å². The van der Waals surface area contributed by atoms with Crippen LogP contribution in [0.15, 0.2) is 54.1 Å². The number of hydrogen-bond donors (Lipinski definition) is 1. The van der Waals surface area contributed by atoms with Crippen molar-refractivity contribution in [2.24, 2.45) is 0 Å². The molecular weight excluding hydrogens is 406 g/mol. The van der Waals surface area contributed by atoms with Crippen molar-refractivity contribution in [3.63, 3.8) is 0 Å². The van der Waals surface area contributed by atoms with E-state index in [4.69, 9.17) is 9.47 Å². The summed E-state index contributed by atoms with van der Waals surface area (Å²) in [5, 5.41) is 11.2. The fourth-order valence-corrected chi connectivity index (χ4v) is 3.85. The quantitative estimate of drug-likeness (QED) is 0.369. The summed E-state index contributed by atoms with van der Waals surface area (Å²) in [6.45, 7) is 8.55. The molecule has 32 heavy (non-hydrogen) atoms. The first-order valence-corrected chi connectivity index (χ1v) is 10.9. The molecule has 6 nitrogen and oxygen atoms in total. The number of likely N-dealkylation sites (tertiary alicyclic amines) is 1. The van der Waals surface area contributed by atoms with Crippen LogP contribution < -0.4 is 4.74 Å². The van der Waals surface area contributed by atoms with E-state index in [2.05, 4.69) is 13.8 Å². The standard InChI is InChI=1S/C26H31NO5/c1-16(2)18-9-11-19(12-10-18)23-22(25(29)26(30)27(23)13-14-31-5)24(28)20-7-6-8-21(15-20)32-17(3)4/h6-12,15-17,23,28H,13-14H2,1-5H3/b24-22-. The molecule has 6 heteroatoms. The zero-order valence-electron chi connectivity index (χ0n) is 19.3. The lowest BCUT2D eigenvalue weighted by Gasteiger charge is -2.25. The van der Waals surface area contributed by atoms with Gasteiger partial charge in [0.25, 0.3) is 11.7 Å². The summed E-state index contributed by atoms with van der Waals surface area (Å²) in [5.41, 5.74) is 2.42. The molecule has 2 aromatic rings. The maximum absolute atomic E-state index is 13.0. The molecule has 1 fully saturated rings. The number of benzene rings is 2. The Morgan fingerprint density at radius 1 is 1.06 bits per heavy atom. The van der Waals surface area contributed by atoms with E-state index in [-0.39, 0.29) is 30.6 Å². The van der Waals surface area contributed by atoms with Gasteiger partial charge in [-0.3, -0.25) is 9.59 Å². The average molecular weight is 438 g/mol. The molecule has 1 unspecified atom stereocenters. The van der Waals surface area contributed by atoms with E-state index in [1.165, 1.54) is 4.90 Å². The van der Waals surface area contributed by atoms with Gasteiger partial charge in [0.15, 0.2) is 0 Å². The molecule has 0 aliphatic carbocycles. The lowest BCUT2D eigenvalue weighted by atomic mass is 9.93. The van der Waals surface area contributed by atoms with Gasteiger partial charge in [0.2, 0.25) is 0 Å². The number of Topliss-reactive ketones (excluding diaryl/α,β-unsaturated/α-hetero) is 1. The molecule has 1 amide bonds. The molecular formula is C26H31NO5. The number of methoxy groups -OCH3 is 1. The van der Waals surface area contributed by atoms with Crippen LogP contribution in [0.5, 0.6) is 5.75 Å². The summed E-state index contributed by atoms with van der Waals surface area (Å²) in [6.07, 6.45) is -0.0357. The van der Waals surface area contributed by atoms with Crippen LogP contribution in [0.3, 0.4) is 0 Å². The first kappa shape index (κ1) is 23.5. The Morgan fingerprint density at radius 2 is 1.75 bits per heavy atom. The first-order chi connectivity index (χ1) is 15.2. The Balaban J connectivity index is 2.11. The Labute approximate surface area is 189 Å². The number of ether oxygens (including phenoxy) is 2. The van der Waals surface area contributed by atoms with Crippen LogP contribution in [0.2, 0.25) is 0 Å². The Kier molecular flexibility index (Phi) is 7.36. The summed E-state index contributed by atoms with van der Waals surface area (Å²) in [6, 6.07) is 14.0. The highest BCUT2D eigenvalue weighted by molar-refractivity contribution is 6.46. The molecule has 1 N–H and O–H groups in total. The minimum absolute atomic E-state index is 0.0357. The molecule has 1 heterocycles. The third-order valence-corrected chi connectivity index (χ3v) is 5.47. The van der Waals surface area contributed by atoms with E-state index in [0.717, 1.165) is 11.1 Å². The molecule has 0 radical (unpaired) electrons. The summed E-state index contributed by atoms with van der Waals surface area (Å²) in [4.78, 5) is 27.4. The second-order valence-electron chi connectivity index (χ2n) is 8.50. The highest BCUT2D eigenvalue weighted by atomic mass is 16.5. The van der Waals surface area contributed by atoms with Crippen LogP contribution in [0.4, 0.5) is 0 Å². The maximum Gasteiger partial charge on any atom is 0.295 e. The monoisotopic (exact) mass is 437 g/mol. The number of aliphatic hydroxyl groups is 1. The molecule has 0 bridgehead atoms. The van der Waals surface area contributed by atoms with Crippen molar-refractivity contribution in [3.8, 4) is 5.75 Å². The van der Waals surface area contributed by atoms with Crippen LogP contribution in [0.1, 0.15) is 56.3 Å². The summed E-state index contributed by atoms with van der Waals surface area (Å²) in [5.74, 6) is -0.624. The Bertz CT molecular complexity index is 1010. The van der Waals surface area contributed by atoms with Crippen molar-refractivity contribution in [1.82, 2.24) is 4.90 Å². The third-order valence-electron chi connectivity index (χ3n) is 5.47. The smallest absolute Gasteiger partial charge is 0.295 e. The van der Waals surface area contributed by atoms with E-state index in [9.17, 15) is 14.7 Å². The number of hydrogen-bond acceptors (Lipinski definition) is 5. The second kappa shape index (κ2) is 10.0. The van der Waals surface area contributed by atoms with Crippen molar-refractivity contribution < 1.29 is 24.2 Å². The Hall–Kier alpha value is -3.12. The van der Waals surface area contributed by atoms with E-state index in [1.54, 1.807) is 31.4 Å².